The van der Waals surface area contributed by atoms with Crippen LogP contribution in [0.5, 0.6) is 0 Å². The number of nitrogens with zero attached hydrogens (tertiary/aromatic N) is 2. The van der Waals surface area contributed by atoms with Crippen molar-refractivity contribution in [1.82, 2.24) is 4.90 Å². The van der Waals surface area contributed by atoms with Crippen LogP contribution in [0.15, 0.2) is 64.6 Å². The Bertz CT molecular complexity index is 1060. The molecule has 2 aromatic carbocycles. The van der Waals surface area contributed by atoms with Gasteiger partial charge in [0.1, 0.15) is 5.82 Å². The summed E-state index contributed by atoms with van der Waals surface area (Å²) in [5, 5.41) is 9.29. The van der Waals surface area contributed by atoms with Crippen LogP contribution in [0.4, 0.5) is 10.1 Å². The summed E-state index contributed by atoms with van der Waals surface area (Å²) in [5.41, 5.74) is 3.51. The van der Waals surface area contributed by atoms with Gasteiger partial charge in [-0.2, -0.15) is 5.10 Å². The summed E-state index contributed by atoms with van der Waals surface area (Å²) in [7, 11) is -3.80. The molecule has 0 amide bonds. The lowest BCUT2D eigenvalue weighted by Gasteiger charge is -2.28. The van der Waals surface area contributed by atoms with Crippen LogP contribution in [0.2, 0.25) is 0 Å². The van der Waals surface area contributed by atoms with Crippen LogP contribution in [-0.4, -0.2) is 51.2 Å². The van der Waals surface area contributed by atoms with Gasteiger partial charge in [-0.05, 0) is 42.5 Å². The third-order valence-corrected chi connectivity index (χ3v) is 5.25. The zero-order chi connectivity index (χ0) is 21.6. The molecule has 1 aliphatic rings. The van der Waals surface area contributed by atoms with Gasteiger partial charge in [-0.15, -0.1) is 0 Å². The van der Waals surface area contributed by atoms with Crippen LogP contribution in [0.1, 0.15) is 5.56 Å². The number of anilines is 1. The first kappa shape index (κ1) is 21.6. The first-order valence-electron chi connectivity index (χ1n) is 9.11. The maximum atomic E-state index is 13.8. The summed E-state index contributed by atoms with van der Waals surface area (Å²) in [5.74, 6) is -0.699. The molecule has 2 aromatic rings. The summed E-state index contributed by atoms with van der Waals surface area (Å²) in [4.78, 5) is 14.5. The highest BCUT2D eigenvalue weighted by Gasteiger charge is 2.20. The lowest BCUT2D eigenvalue weighted by molar-refractivity contribution is -0.109. The van der Waals surface area contributed by atoms with Crippen molar-refractivity contribution >= 4 is 33.4 Å². The number of benzene rings is 2. The molecule has 0 saturated carbocycles. The molecule has 0 radical (unpaired) electrons. The second-order valence-electron chi connectivity index (χ2n) is 6.44. The summed E-state index contributed by atoms with van der Waals surface area (Å²) in [6.07, 6.45) is 2.66. The fraction of sp³-hybridized carbons (Fsp3) is 0.200. The van der Waals surface area contributed by atoms with E-state index in [2.05, 4.69) is 10.5 Å². The number of hydrazone groups is 1. The molecule has 3 N–H and O–H groups in total. The van der Waals surface area contributed by atoms with Crippen molar-refractivity contribution < 1.29 is 22.3 Å². The van der Waals surface area contributed by atoms with Crippen molar-refractivity contribution in [3.05, 3.63) is 66.0 Å². The molecule has 3 rings (SSSR count). The Balaban J connectivity index is 1.81. The van der Waals surface area contributed by atoms with Gasteiger partial charge in [-0.3, -0.25) is 10.2 Å². The number of nitrogens with one attached hydrogen (secondary N) is 1. The molecule has 1 saturated heterocycles. The zero-order valence-corrected chi connectivity index (χ0v) is 16.8. The maximum absolute atomic E-state index is 13.8. The van der Waals surface area contributed by atoms with Crippen LogP contribution in [-0.2, 0) is 19.6 Å². The second-order valence-corrected chi connectivity index (χ2v) is 8.00. The molecule has 0 unspecified atom stereocenters. The Kier molecular flexibility index (Phi) is 6.93. The molecule has 0 spiro atoms. The number of sulfonamides is 1. The Morgan fingerprint density at radius 1 is 1.13 bits per heavy atom. The minimum Gasteiger partial charge on any atom is -0.378 e. The van der Waals surface area contributed by atoms with E-state index in [9.17, 15) is 17.6 Å². The average Bonchev–Trinajstić information content (AvgIpc) is 2.74. The topological polar surface area (TPSA) is 114 Å². The first-order valence-corrected chi connectivity index (χ1v) is 10.7. The highest BCUT2D eigenvalue weighted by atomic mass is 32.2. The number of rotatable bonds is 6. The fourth-order valence-electron chi connectivity index (χ4n) is 2.74. The average molecular weight is 432 g/mol. The first-order chi connectivity index (χ1) is 14.3. The number of carbonyl (C=O) groups excluding carboxylic acids is 1. The number of morpholine rings is 1. The van der Waals surface area contributed by atoms with Gasteiger partial charge in [-0.1, -0.05) is 18.2 Å². The maximum Gasteiger partial charge on any atom is 0.238 e. The summed E-state index contributed by atoms with van der Waals surface area (Å²) < 4.78 is 41.8. The minimum atomic E-state index is -3.80. The van der Waals surface area contributed by atoms with Crippen molar-refractivity contribution in [1.29, 1.82) is 0 Å². The third-order valence-electron chi connectivity index (χ3n) is 4.32. The van der Waals surface area contributed by atoms with Crippen LogP contribution in [0, 0.1) is 5.82 Å². The molecular formula is C20H21FN4O4S. The van der Waals surface area contributed by atoms with Crippen molar-refractivity contribution in [3.63, 3.8) is 0 Å². The van der Waals surface area contributed by atoms with Crippen molar-refractivity contribution in [2.45, 2.75) is 4.90 Å². The largest absolute Gasteiger partial charge is 0.378 e. The van der Waals surface area contributed by atoms with E-state index in [-0.39, 0.29) is 10.7 Å². The lowest BCUT2D eigenvalue weighted by Crippen LogP contribution is -2.44. The van der Waals surface area contributed by atoms with E-state index in [1.165, 1.54) is 42.5 Å². The highest BCUT2D eigenvalue weighted by molar-refractivity contribution is 7.89. The van der Waals surface area contributed by atoms with Gasteiger partial charge in [0.2, 0.25) is 15.8 Å². The monoisotopic (exact) mass is 432 g/mol. The second kappa shape index (κ2) is 9.61. The standard InChI is InChI=1S/C20H21FN4O4S/c21-18-4-2-1-3-15(18)5-10-19(26)20(25-11-13-29-14-12-25)24-23-16-6-8-17(9-7-16)30(22,27)28/h1-10,23H,11-14H2,(H2,22,27,28)/b10-5+,24-20-. The SMILES string of the molecule is NS(=O)(=O)c1ccc(N/N=C(/C(=O)/C=C/c2ccccc2F)N2CCOCC2)cc1. The summed E-state index contributed by atoms with van der Waals surface area (Å²) in [6.45, 7) is 1.85. The minimum absolute atomic E-state index is 0.0330. The van der Waals surface area contributed by atoms with Gasteiger partial charge in [0.25, 0.3) is 0 Å². The number of ether oxygens (including phenoxy) is 1. The van der Waals surface area contributed by atoms with Crippen LogP contribution >= 0.6 is 0 Å². The van der Waals surface area contributed by atoms with Crippen molar-refractivity contribution in [3.8, 4) is 0 Å². The Morgan fingerprint density at radius 3 is 2.43 bits per heavy atom. The number of primary sulfonamides is 1. The van der Waals surface area contributed by atoms with E-state index in [1.54, 1.807) is 23.1 Å². The Morgan fingerprint density at radius 2 is 1.80 bits per heavy atom. The molecule has 0 bridgehead atoms. The molecule has 0 aliphatic carbocycles. The lowest BCUT2D eigenvalue weighted by atomic mass is 10.1. The molecule has 0 aromatic heterocycles. The van der Waals surface area contributed by atoms with E-state index in [0.29, 0.717) is 37.6 Å². The van der Waals surface area contributed by atoms with Crippen molar-refractivity contribution in [2.75, 3.05) is 31.7 Å². The van der Waals surface area contributed by atoms with E-state index in [1.807, 2.05) is 0 Å². The Labute approximate surface area is 173 Å². The number of halogens is 1. The van der Waals surface area contributed by atoms with Gasteiger partial charge in [0, 0.05) is 18.7 Å². The predicted octanol–water partition coefficient (Wildman–Crippen LogP) is 1.81. The molecule has 10 heteroatoms. The number of hydrogen-bond donors (Lipinski definition) is 2. The highest BCUT2D eigenvalue weighted by Crippen LogP contribution is 2.14. The molecule has 1 aliphatic heterocycles. The molecule has 0 atom stereocenters. The van der Waals surface area contributed by atoms with Gasteiger partial charge in [-0.25, -0.2) is 17.9 Å². The van der Waals surface area contributed by atoms with Crippen LogP contribution < -0.4 is 10.6 Å². The summed E-state index contributed by atoms with van der Waals surface area (Å²) in [6, 6.07) is 11.8. The van der Waals surface area contributed by atoms with Gasteiger partial charge in [0.15, 0.2) is 5.84 Å². The molecule has 8 nitrogen and oxygen atoms in total. The van der Waals surface area contributed by atoms with Gasteiger partial charge in [0.05, 0.1) is 23.8 Å². The fourth-order valence-corrected chi connectivity index (χ4v) is 3.26. The molecule has 158 valence electrons. The quantitative estimate of drug-likeness (QED) is 0.311. The number of nitrogens with two attached hydrogens (primary N) is 1. The molecular weight excluding hydrogens is 411 g/mol. The number of amidine groups is 1. The van der Waals surface area contributed by atoms with Gasteiger partial charge < -0.3 is 9.64 Å². The number of ketones is 1. The molecule has 30 heavy (non-hydrogen) atoms. The normalized spacial score (nSPS) is 15.4. The van der Waals surface area contributed by atoms with Crippen LogP contribution in [0.25, 0.3) is 6.08 Å². The zero-order valence-electron chi connectivity index (χ0n) is 16.0. The number of hydrogen-bond acceptors (Lipinski definition) is 6. The van der Waals surface area contributed by atoms with Gasteiger partial charge >= 0.3 is 0 Å². The van der Waals surface area contributed by atoms with Crippen LogP contribution in [0.3, 0.4) is 0 Å². The van der Waals surface area contributed by atoms with E-state index in [4.69, 9.17) is 9.88 Å². The Hall–Kier alpha value is -3.08. The molecule has 1 fully saturated rings. The van der Waals surface area contributed by atoms with E-state index >= 15 is 0 Å². The smallest absolute Gasteiger partial charge is 0.238 e. The van der Waals surface area contributed by atoms with E-state index < -0.39 is 21.6 Å². The summed E-state index contributed by atoms with van der Waals surface area (Å²) >= 11 is 0. The third kappa shape index (κ3) is 5.72. The predicted molar refractivity (Wildman–Crippen MR) is 112 cm³/mol. The van der Waals surface area contributed by atoms with E-state index in [0.717, 1.165) is 0 Å². The number of carbonyl (C=O) groups is 1. The molecule has 1 heterocycles. The van der Waals surface area contributed by atoms with Crippen molar-refractivity contribution in [2.24, 2.45) is 10.2 Å².